The molecular formula is C20H23N5O4. The van der Waals surface area contributed by atoms with Crippen molar-refractivity contribution in [1.29, 1.82) is 0 Å². The minimum absolute atomic E-state index is 0.147. The number of pyridine rings is 1. The Hall–Kier alpha value is -3.49. The maximum absolute atomic E-state index is 12.1. The van der Waals surface area contributed by atoms with Crippen LogP contribution in [0.1, 0.15) is 18.4 Å². The van der Waals surface area contributed by atoms with Crippen molar-refractivity contribution < 1.29 is 14.5 Å². The summed E-state index contributed by atoms with van der Waals surface area (Å²) in [5.74, 6) is -0.351. The van der Waals surface area contributed by atoms with E-state index in [1.807, 2.05) is 18.2 Å². The lowest BCUT2D eigenvalue weighted by Crippen LogP contribution is -2.42. The molecule has 0 radical (unpaired) electrons. The van der Waals surface area contributed by atoms with Crippen LogP contribution in [-0.2, 0) is 9.59 Å². The molecule has 0 aliphatic carbocycles. The number of anilines is 2. The zero-order chi connectivity index (χ0) is 20.8. The molecule has 152 valence electrons. The number of aromatic nitrogens is 1. The lowest BCUT2D eigenvalue weighted by Gasteiger charge is -2.32. The summed E-state index contributed by atoms with van der Waals surface area (Å²) in [6, 6.07) is 9.93. The Morgan fingerprint density at radius 1 is 1.21 bits per heavy atom. The summed E-state index contributed by atoms with van der Waals surface area (Å²) in [6.07, 6.45) is 3.55. The Balaban J connectivity index is 1.47. The molecule has 29 heavy (non-hydrogen) atoms. The average molecular weight is 397 g/mol. The van der Waals surface area contributed by atoms with E-state index in [1.54, 1.807) is 13.1 Å². The monoisotopic (exact) mass is 397 g/mol. The summed E-state index contributed by atoms with van der Waals surface area (Å²) in [7, 11) is 0. The summed E-state index contributed by atoms with van der Waals surface area (Å²) < 4.78 is 0. The van der Waals surface area contributed by atoms with E-state index in [9.17, 15) is 19.7 Å². The number of hydrogen-bond donors (Lipinski definition) is 2. The van der Waals surface area contributed by atoms with Gasteiger partial charge in [0.1, 0.15) is 5.82 Å². The van der Waals surface area contributed by atoms with Crippen molar-refractivity contribution in [2.45, 2.75) is 19.8 Å². The van der Waals surface area contributed by atoms with Gasteiger partial charge in [-0.3, -0.25) is 19.7 Å². The fourth-order valence-electron chi connectivity index (χ4n) is 3.26. The number of hydrogen-bond acceptors (Lipinski definition) is 6. The van der Waals surface area contributed by atoms with Gasteiger partial charge < -0.3 is 15.5 Å². The third-order valence-corrected chi connectivity index (χ3v) is 5.03. The largest absolute Gasteiger partial charge is 0.357 e. The molecule has 1 saturated heterocycles. The van der Waals surface area contributed by atoms with Crippen molar-refractivity contribution in [2.75, 3.05) is 29.9 Å². The van der Waals surface area contributed by atoms with Crippen molar-refractivity contribution >= 4 is 29.0 Å². The van der Waals surface area contributed by atoms with Gasteiger partial charge in [-0.05, 0) is 43.4 Å². The molecule has 9 heteroatoms. The predicted molar refractivity (Wildman–Crippen MR) is 109 cm³/mol. The first-order chi connectivity index (χ1) is 13.9. The van der Waals surface area contributed by atoms with Crippen molar-refractivity contribution in [3.05, 3.63) is 58.3 Å². The number of benzene rings is 1. The molecule has 1 aliphatic rings. The second-order valence-corrected chi connectivity index (χ2v) is 7.04. The molecule has 0 spiro atoms. The predicted octanol–water partition coefficient (Wildman–Crippen LogP) is 2.27. The lowest BCUT2D eigenvalue weighted by molar-refractivity contribution is -0.384. The number of nitrogens with zero attached hydrogens (tertiary/aromatic N) is 3. The topological polar surface area (TPSA) is 117 Å². The first-order valence-electron chi connectivity index (χ1n) is 9.44. The summed E-state index contributed by atoms with van der Waals surface area (Å²) >= 11 is 0. The maximum atomic E-state index is 12.1. The second kappa shape index (κ2) is 9.13. The summed E-state index contributed by atoms with van der Waals surface area (Å²) in [6.45, 7) is 3.80. The molecule has 0 unspecified atom stereocenters. The lowest BCUT2D eigenvalue weighted by atomic mass is 9.97. The highest BCUT2D eigenvalue weighted by atomic mass is 16.6. The molecule has 1 aromatic carbocycles. The van der Waals surface area contributed by atoms with Gasteiger partial charge in [0.25, 0.3) is 5.69 Å². The molecule has 0 saturated carbocycles. The maximum Gasteiger partial charge on any atom is 0.313 e. The third kappa shape index (κ3) is 5.28. The Morgan fingerprint density at radius 2 is 1.97 bits per heavy atom. The van der Waals surface area contributed by atoms with Crippen LogP contribution in [0.5, 0.6) is 0 Å². The highest BCUT2D eigenvalue weighted by molar-refractivity contribution is 6.39. The van der Waals surface area contributed by atoms with E-state index < -0.39 is 16.7 Å². The van der Waals surface area contributed by atoms with Crippen LogP contribution in [-0.4, -0.2) is 41.4 Å². The molecule has 9 nitrogen and oxygen atoms in total. The highest BCUT2D eigenvalue weighted by Crippen LogP contribution is 2.22. The number of rotatable bonds is 5. The van der Waals surface area contributed by atoms with Crippen molar-refractivity contribution in [3.63, 3.8) is 0 Å². The molecule has 1 aromatic heterocycles. The third-order valence-electron chi connectivity index (χ3n) is 5.03. The fraction of sp³-hybridized carbons (Fsp3) is 0.350. The van der Waals surface area contributed by atoms with Crippen LogP contribution in [0.3, 0.4) is 0 Å². The number of aryl methyl sites for hydroxylation is 1. The van der Waals surface area contributed by atoms with Crippen molar-refractivity contribution in [3.8, 4) is 0 Å². The molecule has 1 aliphatic heterocycles. The van der Waals surface area contributed by atoms with E-state index in [4.69, 9.17) is 0 Å². The molecule has 2 N–H and O–H groups in total. The minimum atomic E-state index is -0.834. The normalized spacial score (nSPS) is 14.3. The van der Waals surface area contributed by atoms with E-state index in [0.717, 1.165) is 31.7 Å². The van der Waals surface area contributed by atoms with Crippen LogP contribution in [0, 0.1) is 23.0 Å². The van der Waals surface area contributed by atoms with Gasteiger partial charge >= 0.3 is 11.8 Å². The van der Waals surface area contributed by atoms with Gasteiger partial charge in [-0.15, -0.1) is 0 Å². The van der Waals surface area contributed by atoms with Crippen molar-refractivity contribution in [1.82, 2.24) is 10.3 Å². The summed E-state index contributed by atoms with van der Waals surface area (Å²) in [5.41, 5.74) is 0.743. The van der Waals surface area contributed by atoms with Crippen LogP contribution < -0.4 is 15.5 Å². The van der Waals surface area contributed by atoms with Crippen LogP contribution in [0.2, 0.25) is 0 Å². The first-order valence-corrected chi connectivity index (χ1v) is 9.44. The van der Waals surface area contributed by atoms with Gasteiger partial charge in [0.15, 0.2) is 0 Å². The molecule has 0 bridgehead atoms. The Kier molecular flexibility index (Phi) is 6.38. The molecule has 3 rings (SSSR count). The highest BCUT2D eigenvalue weighted by Gasteiger charge is 2.22. The first kappa shape index (κ1) is 20.2. The van der Waals surface area contributed by atoms with Crippen LogP contribution in [0.15, 0.2) is 42.6 Å². The zero-order valence-electron chi connectivity index (χ0n) is 16.1. The summed E-state index contributed by atoms with van der Waals surface area (Å²) in [4.78, 5) is 41.2. The standard InChI is InChI=1S/C20H23N5O4/c1-14-5-6-16(25(28)29)12-17(14)23-20(27)19(26)22-13-15-7-10-24(11-8-15)18-4-2-3-9-21-18/h2-6,9,12,15H,7-8,10-11,13H2,1H3,(H,22,26)(H,23,27). The van der Waals surface area contributed by atoms with E-state index in [0.29, 0.717) is 12.1 Å². The molecule has 0 atom stereocenters. The number of nitrogens with one attached hydrogen (secondary N) is 2. The van der Waals surface area contributed by atoms with E-state index in [1.165, 1.54) is 18.2 Å². The number of nitro benzene ring substituents is 1. The SMILES string of the molecule is Cc1ccc([N+](=O)[O-])cc1NC(=O)C(=O)NCC1CCN(c2ccccn2)CC1. The minimum Gasteiger partial charge on any atom is -0.357 e. The van der Waals surface area contributed by atoms with Crippen LogP contribution in [0.4, 0.5) is 17.2 Å². The average Bonchev–Trinajstić information content (AvgIpc) is 2.74. The number of nitro groups is 1. The summed E-state index contributed by atoms with van der Waals surface area (Å²) in [5, 5.41) is 16.0. The number of non-ortho nitro benzene ring substituents is 1. The van der Waals surface area contributed by atoms with Gasteiger partial charge in [-0.1, -0.05) is 12.1 Å². The molecule has 2 amide bonds. The number of carbonyl (C=O) groups excluding carboxylic acids is 2. The van der Waals surface area contributed by atoms with E-state index >= 15 is 0 Å². The van der Waals surface area contributed by atoms with Gasteiger partial charge in [0, 0.05) is 38.0 Å². The van der Waals surface area contributed by atoms with Crippen molar-refractivity contribution in [2.24, 2.45) is 5.92 Å². The Morgan fingerprint density at radius 3 is 2.62 bits per heavy atom. The van der Waals surface area contributed by atoms with Gasteiger partial charge in [-0.25, -0.2) is 4.98 Å². The van der Waals surface area contributed by atoms with Gasteiger partial charge in [-0.2, -0.15) is 0 Å². The number of carbonyl (C=O) groups is 2. The fourth-order valence-corrected chi connectivity index (χ4v) is 3.26. The number of piperidine rings is 1. The van der Waals surface area contributed by atoms with Gasteiger partial charge in [0.05, 0.1) is 10.6 Å². The molecular weight excluding hydrogens is 374 g/mol. The molecule has 2 heterocycles. The van der Waals surface area contributed by atoms with Gasteiger partial charge in [0.2, 0.25) is 0 Å². The Bertz CT molecular complexity index is 895. The van der Waals surface area contributed by atoms with E-state index in [2.05, 4.69) is 20.5 Å². The van der Waals surface area contributed by atoms with E-state index in [-0.39, 0.29) is 17.3 Å². The zero-order valence-corrected chi connectivity index (χ0v) is 16.1. The number of amides is 2. The smallest absolute Gasteiger partial charge is 0.313 e. The second-order valence-electron chi connectivity index (χ2n) is 7.04. The molecule has 1 fully saturated rings. The van der Waals surface area contributed by atoms with Crippen LogP contribution >= 0.6 is 0 Å². The van der Waals surface area contributed by atoms with Crippen LogP contribution in [0.25, 0.3) is 0 Å². The molecule has 2 aromatic rings. The quantitative estimate of drug-likeness (QED) is 0.454. The Labute approximate surface area is 168 Å².